The van der Waals surface area contributed by atoms with Gasteiger partial charge in [-0.1, -0.05) is 18.2 Å². The maximum atomic E-state index is 12.5. The van der Waals surface area contributed by atoms with Crippen molar-refractivity contribution < 1.29 is 4.79 Å². The Morgan fingerprint density at radius 2 is 1.85 bits per heavy atom. The Labute approximate surface area is 156 Å². The summed E-state index contributed by atoms with van der Waals surface area (Å²) in [5.41, 5.74) is 5.67. The zero-order valence-electron chi connectivity index (χ0n) is 14.2. The molecule has 26 heavy (non-hydrogen) atoms. The van der Waals surface area contributed by atoms with Crippen LogP contribution in [0.1, 0.15) is 39.9 Å². The molecule has 1 aliphatic rings. The SMILES string of the molecule is N#Cc1ccc(-c2csc(NC(=O)c3ccc4c(c3)CCCC4)n2)cc1. The standard InChI is InChI=1S/C21H17N3OS/c22-12-14-5-7-16(8-6-14)19-13-26-21(23-19)24-20(25)18-10-9-15-3-1-2-4-17(15)11-18/h5-11,13H,1-4H2,(H,23,24,25). The van der Waals surface area contributed by atoms with Gasteiger partial charge in [0.2, 0.25) is 0 Å². The second kappa shape index (κ2) is 7.11. The van der Waals surface area contributed by atoms with Crippen molar-refractivity contribution in [1.82, 2.24) is 4.98 Å². The number of amides is 1. The van der Waals surface area contributed by atoms with Gasteiger partial charge in [-0.2, -0.15) is 5.26 Å². The van der Waals surface area contributed by atoms with E-state index in [4.69, 9.17) is 5.26 Å². The van der Waals surface area contributed by atoms with E-state index in [1.54, 1.807) is 12.1 Å². The molecule has 0 atom stereocenters. The van der Waals surface area contributed by atoms with E-state index in [0.29, 0.717) is 16.3 Å². The fourth-order valence-electron chi connectivity index (χ4n) is 3.22. The van der Waals surface area contributed by atoms with Gasteiger partial charge in [0.25, 0.3) is 5.91 Å². The van der Waals surface area contributed by atoms with Gasteiger partial charge >= 0.3 is 0 Å². The van der Waals surface area contributed by atoms with Crippen LogP contribution in [-0.2, 0) is 12.8 Å². The van der Waals surface area contributed by atoms with Gasteiger partial charge in [-0.05, 0) is 61.1 Å². The third-order valence-electron chi connectivity index (χ3n) is 4.65. The lowest BCUT2D eigenvalue weighted by Crippen LogP contribution is -2.13. The van der Waals surface area contributed by atoms with Crippen LogP contribution in [0.25, 0.3) is 11.3 Å². The highest BCUT2D eigenvalue weighted by molar-refractivity contribution is 7.14. The van der Waals surface area contributed by atoms with Gasteiger partial charge in [-0.15, -0.1) is 11.3 Å². The molecule has 1 aromatic heterocycles. The number of nitrogens with zero attached hydrogens (tertiary/aromatic N) is 2. The number of benzene rings is 2. The summed E-state index contributed by atoms with van der Waals surface area (Å²) in [6.07, 6.45) is 4.59. The van der Waals surface area contributed by atoms with E-state index in [-0.39, 0.29) is 5.91 Å². The van der Waals surface area contributed by atoms with Gasteiger partial charge in [0.05, 0.1) is 17.3 Å². The number of nitrogens with one attached hydrogen (secondary N) is 1. The van der Waals surface area contributed by atoms with Crippen molar-refractivity contribution in [1.29, 1.82) is 5.26 Å². The molecule has 0 spiro atoms. The minimum Gasteiger partial charge on any atom is -0.298 e. The van der Waals surface area contributed by atoms with Crippen LogP contribution in [0, 0.1) is 11.3 Å². The van der Waals surface area contributed by atoms with Crippen LogP contribution in [-0.4, -0.2) is 10.9 Å². The Morgan fingerprint density at radius 1 is 1.08 bits per heavy atom. The molecule has 0 bridgehead atoms. The van der Waals surface area contributed by atoms with Crippen LogP contribution >= 0.6 is 11.3 Å². The third-order valence-corrected chi connectivity index (χ3v) is 5.40. The molecule has 4 rings (SSSR count). The summed E-state index contributed by atoms with van der Waals surface area (Å²) in [5, 5.41) is 14.2. The highest BCUT2D eigenvalue weighted by atomic mass is 32.1. The molecular formula is C21H17N3OS. The average molecular weight is 359 g/mol. The molecule has 0 fully saturated rings. The van der Waals surface area contributed by atoms with E-state index in [0.717, 1.165) is 24.1 Å². The van der Waals surface area contributed by atoms with Gasteiger partial charge in [0, 0.05) is 16.5 Å². The first-order valence-electron chi connectivity index (χ1n) is 8.62. The Balaban J connectivity index is 1.50. The largest absolute Gasteiger partial charge is 0.298 e. The second-order valence-corrected chi connectivity index (χ2v) is 7.23. The molecule has 128 valence electrons. The van der Waals surface area contributed by atoms with Crippen LogP contribution in [0.15, 0.2) is 47.8 Å². The van der Waals surface area contributed by atoms with E-state index in [1.807, 2.05) is 29.6 Å². The van der Waals surface area contributed by atoms with Gasteiger partial charge in [0.15, 0.2) is 5.13 Å². The second-order valence-electron chi connectivity index (χ2n) is 6.37. The molecule has 5 heteroatoms. The molecule has 0 radical (unpaired) electrons. The van der Waals surface area contributed by atoms with Crippen LogP contribution in [0.5, 0.6) is 0 Å². The summed E-state index contributed by atoms with van der Waals surface area (Å²) >= 11 is 1.40. The number of rotatable bonds is 3. The first-order valence-corrected chi connectivity index (χ1v) is 9.50. The van der Waals surface area contributed by atoms with Crippen molar-refractivity contribution in [2.24, 2.45) is 0 Å². The Morgan fingerprint density at radius 3 is 2.62 bits per heavy atom. The van der Waals surface area contributed by atoms with Crippen molar-refractivity contribution in [3.05, 3.63) is 70.1 Å². The monoisotopic (exact) mass is 359 g/mol. The van der Waals surface area contributed by atoms with Crippen LogP contribution in [0.2, 0.25) is 0 Å². The number of hydrogen-bond acceptors (Lipinski definition) is 4. The number of fused-ring (bicyclic) bond motifs is 1. The quantitative estimate of drug-likeness (QED) is 0.729. The van der Waals surface area contributed by atoms with E-state index in [9.17, 15) is 4.79 Å². The van der Waals surface area contributed by atoms with E-state index < -0.39 is 0 Å². The minimum atomic E-state index is -0.126. The molecular weight excluding hydrogens is 342 g/mol. The molecule has 4 nitrogen and oxygen atoms in total. The normalized spacial score (nSPS) is 12.9. The summed E-state index contributed by atoms with van der Waals surface area (Å²) in [4.78, 5) is 17.0. The lowest BCUT2D eigenvalue weighted by Gasteiger charge is -2.16. The van der Waals surface area contributed by atoms with E-state index in [1.165, 1.54) is 35.3 Å². The molecule has 0 aliphatic heterocycles. The first-order chi connectivity index (χ1) is 12.7. The Bertz CT molecular complexity index is 999. The number of nitriles is 1. The van der Waals surface area contributed by atoms with Crippen LogP contribution < -0.4 is 5.32 Å². The highest BCUT2D eigenvalue weighted by Gasteiger charge is 2.14. The molecule has 1 aliphatic carbocycles. The predicted molar refractivity (Wildman–Crippen MR) is 103 cm³/mol. The highest BCUT2D eigenvalue weighted by Crippen LogP contribution is 2.26. The van der Waals surface area contributed by atoms with Crippen LogP contribution in [0.3, 0.4) is 0 Å². The fourth-order valence-corrected chi connectivity index (χ4v) is 3.94. The number of hydrogen-bond donors (Lipinski definition) is 1. The third kappa shape index (κ3) is 3.37. The van der Waals surface area contributed by atoms with Crippen molar-refractivity contribution >= 4 is 22.4 Å². The minimum absolute atomic E-state index is 0.126. The molecule has 3 aromatic rings. The maximum absolute atomic E-state index is 12.5. The van der Waals surface area contributed by atoms with Gasteiger partial charge in [-0.25, -0.2) is 4.98 Å². The maximum Gasteiger partial charge on any atom is 0.257 e. The summed E-state index contributed by atoms with van der Waals surface area (Å²) in [7, 11) is 0. The van der Waals surface area contributed by atoms with Gasteiger partial charge in [-0.3, -0.25) is 10.1 Å². The first kappa shape index (κ1) is 16.5. The lowest BCUT2D eigenvalue weighted by atomic mass is 9.90. The number of carbonyl (C=O) groups is 1. The van der Waals surface area contributed by atoms with Crippen LogP contribution in [0.4, 0.5) is 5.13 Å². The van der Waals surface area contributed by atoms with E-state index in [2.05, 4.69) is 22.4 Å². The summed E-state index contributed by atoms with van der Waals surface area (Å²) < 4.78 is 0. The molecule has 0 unspecified atom stereocenters. The van der Waals surface area contributed by atoms with Gasteiger partial charge in [0.1, 0.15) is 0 Å². The molecule has 1 amide bonds. The van der Waals surface area contributed by atoms with Gasteiger partial charge < -0.3 is 0 Å². The van der Waals surface area contributed by atoms with Crippen molar-refractivity contribution in [3.63, 3.8) is 0 Å². The zero-order valence-corrected chi connectivity index (χ0v) is 15.0. The lowest BCUT2D eigenvalue weighted by molar-refractivity contribution is 0.102. The molecule has 1 N–H and O–H groups in total. The molecule has 2 aromatic carbocycles. The zero-order chi connectivity index (χ0) is 17.9. The number of carbonyl (C=O) groups excluding carboxylic acids is 1. The van der Waals surface area contributed by atoms with Crippen molar-refractivity contribution in [2.45, 2.75) is 25.7 Å². The summed E-state index contributed by atoms with van der Waals surface area (Å²) in [6, 6.07) is 15.3. The number of anilines is 1. The van der Waals surface area contributed by atoms with Crippen molar-refractivity contribution in [3.8, 4) is 17.3 Å². The summed E-state index contributed by atoms with van der Waals surface area (Å²) in [5.74, 6) is -0.126. The number of thiazole rings is 1. The topological polar surface area (TPSA) is 65.8 Å². The molecule has 0 saturated carbocycles. The predicted octanol–water partition coefficient (Wildman–Crippen LogP) is 4.81. The number of aromatic nitrogens is 1. The molecule has 0 saturated heterocycles. The smallest absolute Gasteiger partial charge is 0.257 e. The number of aryl methyl sites for hydroxylation is 2. The fraction of sp³-hybridized carbons (Fsp3) is 0.190. The molecule has 1 heterocycles. The summed E-state index contributed by atoms with van der Waals surface area (Å²) in [6.45, 7) is 0. The van der Waals surface area contributed by atoms with Crippen molar-refractivity contribution in [2.75, 3.05) is 5.32 Å². The average Bonchev–Trinajstić information content (AvgIpc) is 3.16. The van der Waals surface area contributed by atoms with E-state index >= 15 is 0 Å². The Hall–Kier alpha value is -2.97. The Kier molecular flexibility index (Phi) is 4.51.